The van der Waals surface area contributed by atoms with Gasteiger partial charge in [0.25, 0.3) is 0 Å². The van der Waals surface area contributed by atoms with Crippen LogP contribution < -0.4 is 14.2 Å². The fourth-order valence-electron chi connectivity index (χ4n) is 3.85. The molecule has 0 N–H and O–H groups in total. The van der Waals surface area contributed by atoms with Crippen molar-refractivity contribution in [3.63, 3.8) is 0 Å². The van der Waals surface area contributed by atoms with Crippen LogP contribution >= 0.6 is 0 Å². The predicted molar refractivity (Wildman–Crippen MR) is 144 cm³/mol. The zero-order valence-corrected chi connectivity index (χ0v) is 21.7. The van der Waals surface area contributed by atoms with Gasteiger partial charge in [-0.2, -0.15) is 0 Å². The van der Waals surface area contributed by atoms with Crippen LogP contribution in [0.15, 0.2) is 72.8 Å². The molecular weight excluding hydrogens is 452 g/mol. The molecule has 0 amide bonds. The Kier molecular flexibility index (Phi) is 11.2. The van der Waals surface area contributed by atoms with Crippen LogP contribution in [-0.4, -0.2) is 25.8 Å². The Bertz CT molecular complexity index is 1050. The lowest BCUT2D eigenvalue weighted by atomic mass is 10.0. The van der Waals surface area contributed by atoms with Gasteiger partial charge in [-0.1, -0.05) is 87.6 Å². The van der Waals surface area contributed by atoms with Crippen molar-refractivity contribution in [2.24, 2.45) is 0 Å². The van der Waals surface area contributed by atoms with Crippen LogP contribution in [0, 0.1) is 0 Å². The first-order chi connectivity index (χ1) is 17.6. The van der Waals surface area contributed by atoms with Crippen molar-refractivity contribution in [2.45, 2.75) is 65.1 Å². The number of hydrogen-bond donors (Lipinski definition) is 0. The van der Waals surface area contributed by atoms with Gasteiger partial charge in [0.05, 0.1) is 13.7 Å². The van der Waals surface area contributed by atoms with E-state index in [1.54, 1.807) is 6.92 Å². The van der Waals surface area contributed by atoms with E-state index in [0.717, 1.165) is 35.5 Å². The van der Waals surface area contributed by atoms with E-state index in [0.29, 0.717) is 18.1 Å². The SMILES string of the molecule is CCCCCCCCOc1ccc(-c2ccc(OCc3ccccc3)c(O[C@@H](C)C(=O)OC)c2)cc1. The van der Waals surface area contributed by atoms with Gasteiger partial charge in [-0.15, -0.1) is 0 Å². The standard InChI is InChI=1S/C31H38O5/c1-4-5-6-7-8-12-21-34-28-18-15-26(16-19-28)27-17-20-29(35-23-25-13-10-9-11-14-25)30(22-27)36-24(2)31(32)33-3/h9-11,13-20,22,24H,4-8,12,21,23H2,1-3H3/t24-/m0/s1. The summed E-state index contributed by atoms with van der Waals surface area (Å²) in [6.07, 6.45) is 6.70. The normalized spacial score (nSPS) is 11.5. The molecule has 3 aromatic rings. The summed E-state index contributed by atoms with van der Waals surface area (Å²) in [5.41, 5.74) is 3.02. The second kappa shape index (κ2) is 14.8. The van der Waals surface area contributed by atoms with Crippen LogP contribution in [0.5, 0.6) is 17.2 Å². The summed E-state index contributed by atoms with van der Waals surface area (Å²) in [4.78, 5) is 12.0. The fourth-order valence-corrected chi connectivity index (χ4v) is 3.85. The van der Waals surface area contributed by atoms with Crippen molar-refractivity contribution in [1.82, 2.24) is 0 Å². The summed E-state index contributed by atoms with van der Waals surface area (Å²) >= 11 is 0. The van der Waals surface area contributed by atoms with E-state index in [-0.39, 0.29) is 0 Å². The number of unbranched alkanes of at least 4 members (excludes halogenated alkanes) is 5. The lowest BCUT2D eigenvalue weighted by molar-refractivity contribution is -0.147. The Morgan fingerprint density at radius 2 is 1.47 bits per heavy atom. The molecule has 5 nitrogen and oxygen atoms in total. The zero-order valence-electron chi connectivity index (χ0n) is 21.7. The zero-order chi connectivity index (χ0) is 25.6. The van der Waals surface area contributed by atoms with Gasteiger partial charge in [0.1, 0.15) is 12.4 Å². The maximum absolute atomic E-state index is 12.0. The molecule has 1 atom stereocenters. The second-order valence-electron chi connectivity index (χ2n) is 8.86. The summed E-state index contributed by atoms with van der Waals surface area (Å²) in [6.45, 7) is 5.03. The monoisotopic (exact) mass is 490 g/mol. The van der Waals surface area contributed by atoms with Gasteiger partial charge < -0.3 is 18.9 Å². The van der Waals surface area contributed by atoms with Crippen molar-refractivity contribution in [3.05, 3.63) is 78.4 Å². The molecule has 0 bridgehead atoms. The van der Waals surface area contributed by atoms with Gasteiger partial charge in [0.2, 0.25) is 0 Å². The Balaban J connectivity index is 1.66. The second-order valence-corrected chi connectivity index (χ2v) is 8.86. The third-order valence-electron chi connectivity index (χ3n) is 5.97. The molecule has 0 unspecified atom stereocenters. The minimum atomic E-state index is -0.762. The Hall–Kier alpha value is -3.47. The maximum Gasteiger partial charge on any atom is 0.346 e. The van der Waals surface area contributed by atoms with Crippen molar-refractivity contribution >= 4 is 5.97 Å². The van der Waals surface area contributed by atoms with E-state index in [1.165, 1.54) is 39.2 Å². The van der Waals surface area contributed by atoms with E-state index in [4.69, 9.17) is 18.9 Å². The van der Waals surface area contributed by atoms with Crippen LogP contribution in [0.4, 0.5) is 0 Å². The molecule has 0 aliphatic carbocycles. The Morgan fingerprint density at radius 1 is 0.778 bits per heavy atom. The van der Waals surface area contributed by atoms with Crippen molar-refractivity contribution in [3.8, 4) is 28.4 Å². The van der Waals surface area contributed by atoms with Gasteiger partial charge in [-0.25, -0.2) is 4.79 Å². The van der Waals surface area contributed by atoms with E-state index in [2.05, 4.69) is 6.92 Å². The van der Waals surface area contributed by atoms with E-state index < -0.39 is 12.1 Å². The molecule has 0 aromatic heterocycles. The van der Waals surface area contributed by atoms with Gasteiger partial charge >= 0.3 is 5.97 Å². The molecule has 0 aliphatic rings. The lowest BCUT2D eigenvalue weighted by Crippen LogP contribution is -2.25. The van der Waals surface area contributed by atoms with Crippen molar-refractivity contribution < 1.29 is 23.7 Å². The van der Waals surface area contributed by atoms with Gasteiger partial charge in [0, 0.05) is 0 Å². The van der Waals surface area contributed by atoms with Crippen LogP contribution in [0.2, 0.25) is 0 Å². The minimum Gasteiger partial charge on any atom is -0.494 e. The van der Waals surface area contributed by atoms with Gasteiger partial charge in [-0.05, 0) is 54.3 Å². The summed E-state index contributed by atoms with van der Waals surface area (Å²) in [7, 11) is 1.35. The first-order valence-corrected chi connectivity index (χ1v) is 12.9. The maximum atomic E-state index is 12.0. The van der Waals surface area contributed by atoms with Crippen molar-refractivity contribution in [2.75, 3.05) is 13.7 Å². The molecule has 3 aromatic carbocycles. The molecule has 0 radical (unpaired) electrons. The molecule has 0 spiro atoms. The minimum absolute atomic E-state index is 0.397. The Morgan fingerprint density at radius 3 is 2.19 bits per heavy atom. The summed E-state index contributed by atoms with van der Waals surface area (Å²) in [6, 6.07) is 23.7. The average Bonchev–Trinajstić information content (AvgIpc) is 2.92. The first kappa shape index (κ1) is 27.1. The number of esters is 1. The Labute approximate surface area is 215 Å². The van der Waals surface area contributed by atoms with Crippen LogP contribution in [-0.2, 0) is 16.1 Å². The topological polar surface area (TPSA) is 54.0 Å². The molecule has 3 rings (SSSR count). The van der Waals surface area contributed by atoms with E-state index in [9.17, 15) is 4.79 Å². The number of hydrogen-bond acceptors (Lipinski definition) is 5. The number of ether oxygens (including phenoxy) is 4. The molecule has 0 fully saturated rings. The van der Waals surface area contributed by atoms with E-state index in [1.807, 2.05) is 72.8 Å². The summed E-state index contributed by atoms with van der Waals surface area (Å²) in [5, 5.41) is 0. The number of methoxy groups -OCH3 is 1. The van der Waals surface area contributed by atoms with Gasteiger partial charge in [-0.3, -0.25) is 0 Å². The molecule has 0 aliphatic heterocycles. The highest BCUT2D eigenvalue weighted by Crippen LogP contribution is 2.34. The van der Waals surface area contributed by atoms with Crippen molar-refractivity contribution in [1.29, 1.82) is 0 Å². The highest BCUT2D eigenvalue weighted by molar-refractivity contribution is 5.75. The third kappa shape index (κ3) is 8.63. The quantitative estimate of drug-likeness (QED) is 0.162. The number of carbonyl (C=O) groups is 1. The predicted octanol–water partition coefficient (Wildman–Crippen LogP) is 7.61. The summed E-state index contributed by atoms with van der Waals surface area (Å²) in [5.74, 6) is 1.48. The van der Waals surface area contributed by atoms with Crippen LogP contribution in [0.3, 0.4) is 0 Å². The number of rotatable bonds is 15. The van der Waals surface area contributed by atoms with E-state index >= 15 is 0 Å². The van der Waals surface area contributed by atoms with Crippen LogP contribution in [0.1, 0.15) is 57.9 Å². The van der Waals surface area contributed by atoms with Gasteiger partial charge in [0.15, 0.2) is 17.6 Å². The third-order valence-corrected chi connectivity index (χ3v) is 5.97. The molecule has 0 saturated carbocycles. The molecule has 5 heteroatoms. The largest absolute Gasteiger partial charge is 0.494 e. The number of benzene rings is 3. The first-order valence-electron chi connectivity index (χ1n) is 12.9. The highest BCUT2D eigenvalue weighted by Gasteiger charge is 2.18. The average molecular weight is 491 g/mol. The molecular formula is C31H38O5. The summed E-state index contributed by atoms with van der Waals surface area (Å²) < 4.78 is 22.7. The lowest BCUT2D eigenvalue weighted by Gasteiger charge is -2.17. The number of carbonyl (C=O) groups excluding carboxylic acids is 1. The molecule has 192 valence electrons. The molecule has 0 saturated heterocycles. The molecule has 36 heavy (non-hydrogen) atoms. The van der Waals surface area contributed by atoms with Crippen LogP contribution in [0.25, 0.3) is 11.1 Å². The molecule has 0 heterocycles. The fraction of sp³-hybridized carbons (Fsp3) is 0.387. The smallest absolute Gasteiger partial charge is 0.346 e. The highest BCUT2D eigenvalue weighted by atomic mass is 16.6.